The molecule has 0 spiro atoms. The fraction of sp³-hybridized carbons (Fsp3) is 0.158. The average Bonchev–Trinajstić information content (AvgIpc) is 3.09. The van der Waals surface area contributed by atoms with Crippen LogP contribution >= 0.6 is 11.8 Å². The molecule has 2 aromatic carbocycles. The summed E-state index contributed by atoms with van der Waals surface area (Å²) >= 11 is 1.44. The van der Waals surface area contributed by atoms with Crippen molar-refractivity contribution in [2.45, 2.75) is 12.1 Å². The molecule has 1 aromatic heterocycles. The van der Waals surface area contributed by atoms with Crippen LogP contribution in [-0.4, -0.2) is 28.2 Å². The van der Waals surface area contributed by atoms with Crippen LogP contribution in [0.15, 0.2) is 66.1 Å². The highest BCUT2D eigenvalue weighted by Crippen LogP contribution is 2.23. The minimum Gasteiger partial charge on any atom is -0.497 e. The lowest BCUT2D eigenvalue weighted by Crippen LogP contribution is -2.04. The molecule has 24 heavy (non-hydrogen) atoms. The van der Waals surface area contributed by atoms with E-state index < -0.39 is 0 Å². The van der Waals surface area contributed by atoms with Gasteiger partial charge in [-0.15, -0.1) is 0 Å². The number of aromatic nitrogens is 2. The molecule has 5 heteroatoms. The summed E-state index contributed by atoms with van der Waals surface area (Å²) in [6.45, 7) is 2.01. The van der Waals surface area contributed by atoms with Crippen LogP contribution in [0.2, 0.25) is 0 Å². The van der Waals surface area contributed by atoms with Gasteiger partial charge in [0.25, 0.3) is 0 Å². The molecule has 0 radical (unpaired) electrons. The van der Waals surface area contributed by atoms with Gasteiger partial charge in [-0.1, -0.05) is 41.6 Å². The van der Waals surface area contributed by atoms with Crippen molar-refractivity contribution in [1.82, 2.24) is 9.55 Å². The Morgan fingerprint density at radius 2 is 1.83 bits per heavy atom. The third kappa shape index (κ3) is 3.68. The predicted molar refractivity (Wildman–Crippen MR) is 96.3 cm³/mol. The number of imidazole rings is 1. The van der Waals surface area contributed by atoms with Crippen molar-refractivity contribution >= 4 is 17.5 Å². The maximum absolute atomic E-state index is 12.3. The van der Waals surface area contributed by atoms with Crippen molar-refractivity contribution in [1.29, 1.82) is 0 Å². The fourth-order valence-corrected chi connectivity index (χ4v) is 3.16. The molecule has 3 aromatic rings. The Labute approximate surface area is 145 Å². The van der Waals surface area contributed by atoms with Crippen LogP contribution in [0.25, 0.3) is 5.69 Å². The average molecular weight is 338 g/mol. The highest BCUT2D eigenvalue weighted by Gasteiger charge is 2.11. The maximum atomic E-state index is 12.3. The quantitative estimate of drug-likeness (QED) is 0.500. The van der Waals surface area contributed by atoms with Gasteiger partial charge < -0.3 is 4.74 Å². The van der Waals surface area contributed by atoms with Gasteiger partial charge in [0.05, 0.1) is 12.9 Å². The van der Waals surface area contributed by atoms with E-state index in [2.05, 4.69) is 4.98 Å². The summed E-state index contributed by atoms with van der Waals surface area (Å²) in [6.07, 6.45) is 3.63. The molecule has 0 amide bonds. The van der Waals surface area contributed by atoms with Gasteiger partial charge in [0.1, 0.15) is 5.75 Å². The topological polar surface area (TPSA) is 44.1 Å². The normalized spacial score (nSPS) is 10.6. The van der Waals surface area contributed by atoms with Crippen LogP contribution in [0.1, 0.15) is 15.9 Å². The number of thioether (sulfide) groups is 1. The molecule has 4 nitrogen and oxygen atoms in total. The van der Waals surface area contributed by atoms with E-state index >= 15 is 0 Å². The largest absolute Gasteiger partial charge is 0.497 e. The first kappa shape index (κ1) is 16.3. The first-order valence-corrected chi connectivity index (χ1v) is 8.56. The molecule has 1 heterocycles. The minimum absolute atomic E-state index is 0.101. The van der Waals surface area contributed by atoms with E-state index in [0.29, 0.717) is 5.75 Å². The monoisotopic (exact) mass is 338 g/mol. The molecule has 0 atom stereocenters. The number of hydrogen-bond acceptors (Lipinski definition) is 4. The van der Waals surface area contributed by atoms with E-state index in [-0.39, 0.29) is 5.78 Å². The molecule has 0 unspecified atom stereocenters. The number of methoxy groups -OCH3 is 1. The summed E-state index contributed by atoms with van der Waals surface area (Å²) in [5.41, 5.74) is 2.86. The smallest absolute Gasteiger partial charge is 0.173 e. The SMILES string of the molecule is COc1ccc(-n2ccnc2SCC(=O)c2ccc(C)cc2)cc1. The van der Waals surface area contributed by atoms with Crippen LogP contribution < -0.4 is 4.74 Å². The Morgan fingerprint density at radius 3 is 2.50 bits per heavy atom. The molecule has 122 valence electrons. The van der Waals surface area contributed by atoms with Crippen molar-refractivity contribution in [2.75, 3.05) is 12.9 Å². The minimum atomic E-state index is 0.101. The number of ether oxygens (including phenoxy) is 1. The fourth-order valence-electron chi connectivity index (χ4n) is 2.29. The number of aryl methyl sites for hydroxylation is 1. The van der Waals surface area contributed by atoms with Gasteiger partial charge in [-0.3, -0.25) is 9.36 Å². The number of rotatable bonds is 6. The lowest BCUT2D eigenvalue weighted by molar-refractivity contribution is 0.102. The van der Waals surface area contributed by atoms with E-state index in [4.69, 9.17) is 4.74 Å². The molecule has 0 saturated heterocycles. The lowest BCUT2D eigenvalue weighted by atomic mass is 10.1. The standard InChI is InChI=1S/C19H18N2O2S/c1-14-3-5-15(6-4-14)18(22)13-24-19-20-11-12-21(19)16-7-9-17(23-2)10-8-16/h3-12H,13H2,1-2H3. The first-order chi connectivity index (χ1) is 11.7. The summed E-state index contributed by atoms with van der Waals surface area (Å²) < 4.78 is 7.14. The number of carbonyl (C=O) groups is 1. The van der Waals surface area contributed by atoms with E-state index in [1.54, 1.807) is 13.3 Å². The Morgan fingerprint density at radius 1 is 1.12 bits per heavy atom. The molecule has 0 aliphatic carbocycles. The summed E-state index contributed by atoms with van der Waals surface area (Å²) in [5.74, 6) is 1.27. The second kappa shape index (κ2) is 7.36. The Hall–Kier alpha value is -2.53. The Balaban J connectivity index is 1.71. The van der Waals surface area contributed by atoms with Crippen molar-refractivity contribution in [2.24, 2.45) is 0 Å². The van der Waals surface area contributed by atoms with Crippen molar-refractivity contribution in [3.05, 3.63) is 72.1 Å². The molecule has 0 aliphatic rings. The number of carbonyl (C=O) groups excluding carboxylic acids is 1. The van der Waals surface area contributed by atoms with Gasteiger partial charge in [-0.25, -0.2) is 4.98 Å². The van der Waals surface area contributed by atoms with Gasteiger partial charge in [0, 0.05) is 23.6 Å². The zero-order chi connectivity index (χ0) is 16.9. The number of benzene rings is 2. The van der Waals surface area contributed by atoms with Crippen LogP contribution in [0.5, 0.6) is 5.75 Å². The molecule has 0 aliphatic heterocycles. The summed E-state index contributed by atoms with van der Waals surface area (Å²) in [4.78, 5) is 16.7. The predicted octanol–water partition coefficient (Wildman–Crippen LogP) is 4.16. The van der Waals surface area contributed by atoms with Gasteiger partial charge in [0.15, 0.2) is 10.9 Å². The highest BCUT2D eigenvalue weighted by molar-refractivity contribution is 7.99. The highest BCUT2D eigenvalue weighted by atomic mass is 32.2. The Bertz CT molecular complexity index is 823. The lowest BCUT2D eigenvalue weighted by Gasteiger charge is -2.08. The molecular weight excluding hydrogens is 320 g/mol. The number of hydrogen-bond donors (Lipinski definition) is 0. The second-order valence-electron chi connectivity index (χ2n) is 5.36. The first-order valence-electron chi connectivity index (χ1n) is 7.58. The van der Waals surface area contributed by atoms with Crippen LogP contribution in [0, 0.1) is 6.92 Å². The molecule has 3 rings (SSSR count). The zero-order valence-electron chi connectivity index (χ0n) is 13.6. The van der Waals surface area contributed by atoms with Crippen LogP contribution in [-0.2, 0) is 0 Å². The van der Waals surface area contributed by atoms with Gasteiger partial charge in [-0.2, -0.15) is 0 Å². The van der Waals surface area contributed by atoms with Gasteiger partial charge >= 0.3 is 0 Å². The summed E-state index contributed by atoms with van der Waals surface area (Å²) in [7, 11) is 1.64. The zero-order valence-corrected chi connectivity index (χ0v) is 14.4. The van der Waals surface area contributed by atoms with Crippen molar-refractivity contribution in [3.8, 4) is 11.4 Å². The molecule has 0 fully saturated rings. The molecule has 0 N–H and O–H groups in total. The van der Waals surface area contributed by atoms with E-state index in [9.17, 15) is 4.79 Å². The van der Waals surface area contributed by atoms with Gasteiger partial charge in [0.2, 0.25) is 0 Å². The molecular formula is C19H18N2O2S. The second-order valence-corrected chi connectivity index (χ2v) is 6.30. The van der Waals surface area contributed by atoms with E-state index in [1.807, 2.05) is 66.2 Å². The number of nitrogens with zero attached hydrogens (tertiary/aromatic N) is 2. The van der Waals surface area contributed by atoms with Crippen molar-refractivity contribution in [3.63, 3.8) is 0 Å². The van der Waals surface area contributed by atoms with Crippen LogP contribution in [0.3, 0.4) is 0 Å². The van der Waals surface area contributed by atoms with Gasteiger partial charge in [-0.05, 0) is 31.2 Å². The molecule has 0 bridgehead atoms. The number of Topliss-reactive ketones (excluding diaryl/α,β-unsaturated/α-hetero) is 1. The summed E-state index contributed by atoms with van der Waals surface area (Å²) in [5, 5.41) is 0.792. The maximum Gasteiger partial charge on any atom is 0.173 e. The van der Waals surface area contributed by atoms with E-state index in [0.717, 1.165) is 27.7 Å². The summed E-state index contributed by atoms with van der Waals surface area (Å²) in [6, 6.07) is 15.4. The van der Waals surface area contributed by atoms with E-state index in [1.165, 1.54) is 11.8 Å². The van der Waals surface area contributed by atoms with Crippen LogP contribution in [0.4, 0.5) is 0 Å². The third-order valence-electron chi connectivity index (χ3n) is 3.66. The third-order valence-corrected chi connectivity index (χ3v) is 4.63. The van der Waals surface area contributed by atoms with Crippen molar-refractivity contribution < 1.29 is 9.53 Å². The number of ketones is 1. The molecule has 0 saturated carbocycles. The Kier molecular flexibility index (Phi) is 5.01.